The maximum absolute atomic E-state index is 12.4. The number of nitrogens with one attached hydrogen (secondary N) is 2. The van der Waals surface area contributed by atoms with Crippen LogP contribution in [-0.2, 0) is 40.6 Å². The van der Waals surface area contributed by atoms with Gasteiger partial charge in [-0.3, -0.25) is 13.9 Å². The standard InChI is InChI=1S/C40H54N4O9S2/c1-9-43-32-21-19-28(54(47,48)49)26-30(32)39(5,6)34(43)16-12-10-13-17-35-40(7,8)31-27-29(55(50,51)52)20-22-33(31)44(35)25-15-11-14-18-36(45)41-23-24-42-37(46)53-38(2,3)4/h10,12-13,16-17,19-22,26-27H,9,11,14-15,18,23-25H2,1-8H3,(H3-,41,42,45,46,47,48,49,50,51,52)/p+1. The number of hydrogen-bond acceptors (Lipinski definition) is 8. The van der Waals surface area contributed by atoms with E-state index in [0.717, 1.165) is 46.8 Å². The predicted molar refractivity (Wildman–Crippen MR) is 213 cm³/mol. The van der Waals surface area contributed by atoms with E-state index < -0.39 is 42.8 Å². The van der Waals surface area contributed by atoms with E-state index in [-0.39, 0.29) is 22.2 Å². The third-order valence-corrected chi connectivity index (χ3v) is 11.5. The van der Waals surface area contributed by atoms with E-state index in [9.17, 15) is 35.5 Å². The number of unbranched alkanes of at least 4 members (excludes halogenated alkanes) is 2. The van der Waals surface area contributed by atoms with E-state index in [0.29, 0.717) is 32.5 Å². The summed E-state index contributed by atoms with van der Waals surface area (Å²) in [7, 11) is -8.77. The van der Waals surface area contributed by atoms with Gasteiger partial charge in [0.15, 0.2) is 5.71 Å². The van der Waals surface area contributed by atoms with Crippen LogP contribution in [-0.4, -0.2) is 80.0 Å². The summed E-state index contributed by atoms with van der Waals surface area (Å²) in [6, 6.07) is 9.29. The van der Waals surface area contributed by atoms with Crippen molar-refractivity contribution in [2.75, 3.05) is 31.1 Å². The van der Waals surface area contributed by atoms with Crippen molar-refractivity contribution in [2.24, 2.45) is 0 Å². The molecule has 0 spiro atoms. The number of ether oxygens (including phenoxy) is 1. The van der Waals surface area contributed by atoms with Gasteiger partial charge in [0.05, 0.1) is 15.2 Å². The smallest absolute Gasteiger partial charge is 0.407 e. The Morgan fingerprint density at radius 3 is 2.07 bits per heavy atom. The van der Waals surface area contributed by atoms with Crippen LogP contribution in [0.3, 0.4) is 0 Å². The number of rotatable bonds is 15. The molecule has 13 nitrogen and oxygen atoms in total. The molecular weight excluding hydrogens is 745 g/mol. The van der Waals surface area contributed by atoms with Gasteiger partial charge in [-0.05, 0) is 96.4 Å². The van der Waals surface area contributed by atoms with Gasteiger partial charge in [0, 0.05) is 67.0 Å². The molecule has 2 amide bonds. The summed E-state index contributed by atoms with van der Waals surface area (Å²) in [6.07, 6.45) is 11.7. The molecule has 0 aliphatic carbocycles. The minimum absolute atomic E-state index is 0.108. The number of likely N-dealkylation sites (N-methyl/N-ethyl adjacent to an activating group) is 1. The highest BCUT2D eigenvalue weighted by molar-refractivity contribution is 7.86. The third kappa shape index (κ3) is 10.5. The average Bonchev–Trinajstić information content (AvgIpc) is 3.42. The van der Waals surface area contributed by atoms with Gasteiger partial charge in [-0.15, -0.1) is 0 Å². The second-order valence-corrected chi connectivity index (χ2v) is 18.6. The Labute approximate surface area is 325 Å². The molecule has 300 valence electrons. The molecule has 0 saturated heterocycles. The number of allylic oxidation sites excluding steroid dienone is 6. The highest BCUT2D eigenvalue weighted by Gasteiger charge is 2.45. The van der Waals surface area contributed by atoms with E-state index in [2.05, 4.69) is 20.1 Å². The molecule has 0 aromatic heterocycles. The maximum Gasteiger partial charge on any atom is 0.407 e. The summed E-state index contributed by atoms with van der Waals surface area (Å²) in [5, 5.41) is 5.42. The van der Waals surface area contributed by atoms with Crippen LogP contribution in [0.2, 0.25) is 0 Å². The number of nitrogens with zero attached hydrogens (tertiary/aromatic N) is 2. The number of carbonyl (C=O) groups excluding carboxylic acids is 2. The van der Waals surface area contributed by atoms with Gasteiger partial charge in [-0.1, -0.05) is 32.1 Å². The number of alkyl carbamates (subject to hydrolysis) is 1. The Bertz CT molecular complexity index is 2140. The SMILES string of the molecule is CCN1C(=CC=CC=CC2=[N+](CCCCCC(=O)NCCNC(=O)OC(C)(C)C)c3ccc(S(=O)(=O)O)cc3C2(C)C)C(C)(C)c2cc(S(=O)(=O)O)ccc21. The molecule has 2 aliphatic heterocycles. The first-order valence-corrected chi connectivity index (χ1v) is 21.3. The molecule has 15 heteroatoms. The lowest BCUT2D eigenvalue weighted by atomic mass is 9.81. The highest BCUT2D eigenvalue weighted by Crippen LogP contribution is 2.48. The molecule has 0 fully saturated rings. The van der Waals surface area contributed by atoms with E-state index in [1.807, 2.05) is 65.0 Å². The van der Waals surface area contributed by atoms with Crippen molar-refractivity contribution in [1.29, 1.82) is 0 Å². The van der Waals surface area contributed by atoms with Crippen molar-refractivity contribution in [3.05, 3.63) is 83.6 Å². The summed E-state index contributed by atoms with van der Waals surface area (Å²) in [5.41, 5.74) is 3.44. The molecule has 0 radical (unpaired) electrons. The first-order valence-electron chi connectivity index (χ1n) is 18.4. The number of amides is 2. The van der Waals surface area contributed by atoms with Gasteiger partial charge in [-0.25, -0.2) is 4.79 Å². The zero-order chi connectivity index (χ0) is 41.0. The van der Waals surface area contributed by atoms with Crippen LogP contribution in [0.15, 0.2) is 82.3 Å². The Balaban J connectivity index is 1.47. The van der Waals surface area contributed by atoms with Crippen LogP contribution in [0, 0.1) is 0 Å². The van der Waals surface area contributed by atoms with E-state index in [1.165, 1.54) is 24.3 Å². The van der Waals surface area contributed by atoms with E-state index in [4.69, 9.17) is 4.74 Å². The zero-order valence-electron chi connectivity index (χ0n) is 33.0. The lowest BCUT2D eigenvalue weighted by molar-refractivity contribution is -0.438. The third-order valence-electron chi connectivity index (χ3n) is 9.77. The highest BCUT2D eigenvalue weighted by atomic mass is 32.2. The Kier molecular flexibility index (Phi) is 13.3. The molecule has 4 rings (SSSR count). The number of hydrogen-bond donors (Lipinski definition) is 4. The Morgan fingerprint density at radius 2 is 1.45 bits per heavy atom. The molecule has 0 bridgehead atoms. The molecule has 0 saturated carbocycles. The summed E-state index contributed by atoms with van der Waals surface area (Å²) in [4.78, 5) is 26.0. The van der Waals surface area contributed by atoms with Gasteiger partial charge in [0.1, 0.15) is 12.1 Å². The Hall–Kier alpha value is -4.31. The largest absolute Gasteiger partial charge is 0.444 e. The van der Waals surface area contributed by atoms with Crippen LogP contribution in [0.1, 0.15) is 92.2 Å². The van der Waals surface area contributed by atoms with Gasteiger partial charge in [-0.2, -0.15) is 21.4 Å². The van der Waals surface area contributed by atoms with Crippen molar-refractivity contribution in [3.63, 3.8) is 0 Å². The van der Waals surface area contributed by atoms with Gasteiger partial charge in [0.25, 0.3) is 20.2 Å². The summed E-state index contributed by atoms with van der Waals surface area (Å²) in [5.74, 6) is -0.108. The normalized spacial score (nSPS) is 17.3. The van der Waals surface area contributed by atoms with Gasteiger partial charge in [0.2, 0.25) is 11.6 Å². The predicted octanol–water partition coefficient (Wildman–Crippen LogP) is 6.57. The van der Waals surface area contributed by atoms with Crippen molar-refractivity contribution < 1.29 is 44.8 Å². The van der Waals surface area contributed by atoms with Gasteiger partial charge >= 0.3 is 6.09 Å². The number of fused-ring (bicyclic) bond motifs is 2. The Morgan fingerprint density at radius 1 is 0.836 bits per heavy atom. The molecule has 0 unspecified atom stereocenters. The van der Waals surface area contributed by atoms with Crippen molar-refractivity contribution >= 4 is 49.3 Å². The summed E-state index contributed by atoms with van der Waals surface area (Å²) >= 11 is 0. The lowest BCUT2D eigenvalue weighted by Gasteiger charge is -2.25. The monoisotopic (exact) mass is 799 g/mol. The quantitative estimate of drug-likeness (QED) is 0.0666. The second-order valence-electron chi connectivity index (χ2n) is 15.7. The number of carbonyl (C=O) groups is 2. The first-order chi connectivity index (χ1) is 25.5. The van der Waals surface area contributed by atoms with Crippen molar-refractivity contribution in [2.45, 2.75) is 107 Å². The van der Waals surface area contributed by atoms with Crippen LogP contribution < -0.4 is 15.5 Å². The van der Waals surface area contributed by atoms with Crippen molar-refractivity contribution in [1.82, 2.24) is 10.6 Å². The van der Waals surface area contributed by atoms with E-state index in [1.54, 1.807) is 32.9 Å². The summed E-state index contributed by atoms with van der Waals surface area (Å²) < 4.78 is 74.6. The maximum atomic E-state index is 12.4. The van der Waals surface area contributed by atoms with Crippen LogP contribution in [0.25, 0.3) is 0 Å². The molecular formula is C40H55N4O9S2+. The molecule has 4 N–H and O–H groups in total. The van der Waals surface area contributed by atoms with Crippen LogP contribution >= 0.6 is 0 Å². The minimum Gasteiger partial charge on any atom is -0.444 e. The van der Waals surface area contributed by atoms with Gasteiger partial charge < -0.3 is 20.3 Å². The number of anilines is 1. The summed E-state index contributed by atoms with van der Waals surface area (Å²) in [6.45, 7) is 17.2. The molecule has 0 atom stereocenters. The topological polar surface area (TPSA) is 182 Å². The van der Waals surface area contributed by atoms with E-state index >= 15 is 0 Å². The van der Waals surface area contributed by atoms with Crippen molar-refractivity contribution in [3.8, 4) is 0 Å². The lowest BCUT2D eigenvalue weighted by Crippen LogP contribution is -2.37. The molecule has 2 heterocycles. The number of benzene rings is 2. The molecule has 2 aliphatic rings. The fourth-order valence-corrected chi connectivity index (χ4v) is 8.08. The molecule has 55 heavy (non-hydrogen) atoms. The minimum atomic E-state index is -4.42. The van der Waals surface area contributed by atoms with Crippen LogP contribution in [0.5, 0.6) is 0 Å². The fourth-order valence-electron chi connectivity index (χ4n) is 7.07. The zero-order valence-corrected chi connectivity index (χ0v) is 34.6. The average molecular weight is 800 g/mol. The second kappa shape index (κ2) is 16.8. The fraction of sp³-hybridized carbons (Fsp3) is 0.475. The van der Waals surface area contributed by atoms with Crippen LogP contribution in [0.4, 0.5) is 16.2 Å². The molecule has 2 aromatic rings. The molecule has 2 aromatic carbocycles. The first kappa shape index (κ1) is 43.4.